The molecule has 1 aromatic carbocycles. The Morgan fingerprint density at radius 1 is 1.05 bits per heavy atom. The van der Waals surface area contributed by atoms with Crippen LogP contribution in [0, 0.1) is 11.6 Å². The van der Waals surface area contributed by atoms with Gasteiger partial charge in [0.1, 0.15) is 11.6 Å². The number of rotatable bonds is 3. The summed E-state index contributed by atoms with van der Waals surface area (Å²) in [6.07, 6.45) is 4.30. The fraction of sp³-hybridized carbons (Fsp3) is 0. The third kappa shape index (κ3) is 2.43. The van der Waals surface area contributed by atoms with E-state index in [1.54, 1.807) is 0 Å². The van der Waals surface area contributed by atoms with Crippen LogP contribution in [0.25, 0.3) is 11.3 Å². The molecule has 1 N–H and O–H groups in total. The first-order chi connectivity index (χ1) is 10.2. The van der Waals surface area contributed by atoms with Gasteiger partial charge in [0, 0.05) is 24.2 Å². The lowest BCUT2D eigenvalue weighted by molar-refractivity contribution is 0.103. The van der Waals surface area contributed by atoms with Gasteiger partial charge in [0.05, 0.1) is 11.3 Å². The van der Waals surface area contributed by atoms with E-state index in [2.05, 4.69) is 15.0 Å². The predicted molar refractivity (Wildman–Crippen MR) is 71.6 cm³/mol. The van der Waals surface area contributed by atoms with E-state index in [0.717, 1.165) is 12.1 Å². The number of benzene rings is 1. The van der Waals surface area contributed by atoms with Gasteiger partial charge >= 0.3 is 0 Å². The van der Waals surface area contributed by atoms with E-state index in [1.165, 1.54) is 36.8 Å². The number of H-pyrrole nitrogens is 1. The van der Waals surface area contributed by atoms with Gasteiger partial charge in [-0.05, 0) is 24.3 Å². The molecule has 21 heavy (non-hydrogen) atoms. The molecule has 0 aliphatic heterocycles. The van der Waals surface area contributed by atoms with Crippen LogP contribution in [0.15, 0.2) is 48.9 Å². The monoisotopic (exact) mass is 285 g/mol. The number of carbonyl (C=O) groups is 1. The van der Waals surface area contributed by atoms with Gasteiger partial charge in [0.2, 0.25) is 5.78 Å². The zero-order chi connectivity index (χ0) is 14.8. The lowest BCUT2D eigenvalue weighted by Gasteiger charge is -2.05. The van der Waals surface area contributed by atoms with Crippen molar-refractivity contribution < 1.29 is 13.6 Å². The Balaban J connectivity index is 2.07. The first-order valence-corrected chi connectivity index (χ1v) is 6.11. The normalized spacial score (nSPS) is 10.6. The molecule has 0 aliphatic carbocycles. The van der Waals surface area contributed by atoms with Crippen LogP contribution in [0.4, 0.5) is 8.78 Å². The standard InChI is InChI=1S/C15H9F2N3O/c16-10-2-1-3-11(17)13(10)12-8-9(4-5-18-12)14(21)15-19-6-7-20-15/h1-8H,(H,19,20). The first-order valence-electron chi connectivity index (χ1n) is 6.11. The van der Waals surface area contributed by atoms with Crippen molar-refractivity contribution in [3.63, 3.8) is 0 Å². The van der Waals surface area contributed by atoms with Crippen molar-refractivity contribution in [2.45, 2.75) is 0 Å². The lowest BCUT2D eigenvalue weighted by atomic mass is 10.1. The smallest absolute Gasteiger partial charge is 0.228 e. The highest BCUT2D eigenvalue weighted by atomic mass is 19.1. The minimum Gasteiger partial charge on any atom is -0.342 e. The second kappa shape index (κ2) is 5.24. The minimum atomic E-state index is -0.731. The van der Waals surface area contributed by atoms with E-state index >= 15 is 0 Å². The number of carbonyl (C=O) groups excluding carboxylic acids is 1. The van der Waals surface area contributed by atoms with Gasteiger partial charge in [0.15, 0.2) is 5.82 Å². The zero-order valence-electron chi connectivity index (χ0n) is 10.7. The predicted octanol–water partition coefficient (Wildman–Crippen LogP) is 2.98. The number of nitrogens with zero attached hydrogens (tertiary/aromatic N) is 2. The van der Waals surface area contributed by atoms with Crippen LogP contribution >= 0.6 is 0 Å². The van der Waals surface area contributed by atoms with E-state index in [1.807, 2.05) is 0 Å². The number of ketones is 1. The highest BCUT2D eigenvalue weighted by Gasteiger charge is 2.16. The Labute approximate surface area is 118 Å². The van der Waals surface area contributed by atoms with E-state index in [9.17, 15) is 13.6 Å². The average Bonchev–Trinajstić information content (AvgIpc) is 3.01. The number of aromatic nitrogens is 3. The number of nitrogens with one attached hydrogen (secondary N) is 1. The van der Waals surface area contributed by atoms with Crippen molar-refractivity contribution in [3.05, 3.63) is 71.9 Å². The average molecular weight is 285 g/mol. The summed E-state index contributed by atoms with van der Waals surface area (Å²) in [7, 11) is 0. The SMILES string of the molecule is O=C(c1ccnc(-c2c(F)cccc2F)c1)c1ncc[nH]1. The Morgan fingerprint density at radius 2 is 1.81 bits per heavy atom. The first kappa shape index (κ1) is 13.1. The van der Waals surface area contributed by atoms with Crippen LogP contribution in [-0.4, -0.2) is 20.7 Å². The Morgan fingerprint density at radius 3 is 2.48 bits per heavy atom. The molecular formula is C15H9F2N3O. The summed E-state index contributed by atoms with van der Waals surface area (Å²) in [6.45, 7) is 0. The van der Waals surface area contributed by atoms with Crippen molar-refractivity contribution in [3.8, 4) is 11.3 Å². The highest BCUT2D eigenvalue weighted by molar-refractivity contribution is 6.06. The molecule has 0 fully saturated rings. The summed E-state index contributed by atoms with van der Waals surface area (Å²) in [4.78, 5) is 22.6. The summed E-state index contributed by atoms with van der Waals surface area (Å²) in [5.41, 5.74) is 0.0483. The molecule has 0 radical (unpaired) electrons. The zero-order valence-corrected chi connectivity index (χ0v) is 10.7. The van der Waals surface area contributed by atoms with Crippen molar-refractivity contribution in [1.29, 1.82) is 0 Å². The van der Waals surface area contributed by atoms with Gasteiger partial charge in [-0.15, -0.1) is 0 Å². The molecule has 4 nitrogen and oxygen atoms in total. The fourth-order valence-corrected chi connectivity index (χ4v) is 1.98. The Hall–Kier alpha value is -2.89. The molecule has 2 aromatic heterocycles. The lowest BCUT2D eigenvalue weighted by Crippen LogP contribution is -2.04. The van der Waals surface area contributed by atoms with E-state index < -0.39 is 11.6 Å². The van der Waals surface area contributed by atoms with Gasteiger partial charge in [-0.2, -0.15) is 0 Å². The molecule has 3 rings (SSSR count). The van der Waals surface area contributed by atoms with Crippen molar-refractivity contribution in [2.24, 2.45) is 0 Å². The summed E-state index contributed by atoms with van der Waals surface area (Å²) < 4.78 is 27.5. The van der Waals surface area contributed by atoms with Gasteiger partial charge < -0.3 is 4.98 Å². The van der Waals surface area contributed by atoms with Crippen molar-refractivity contribution in [1.82, 2.24) is 15.0 Å². The maximum absolute atomic E-state index is 13.8. The van der Waals surface area contributed by atoms with E-state index in [-0.39, 0.29) is 28.4 Å². The summed E-state index contributed by atoms with van der Waals surface area (Å²) in [5.74, 6) is -1.68. The van der Waals surface area contributed by atoms with E-state index in [4.69, 9.17) is 0 Å². The Kier molecular flexibility index (Phi) is 3.27. The molecule has 2 heterocycles. The maximum atomic E-state index is 13.8. The molecule has 0 saturated heterocycles. The number of halogens is 2. The van der Waals surface area contributed by atoms with Gasteiger partial charge in [-0.3, -0.25) is 9.78 Å². The molecule has 0 spiro atoms. The fourth-order valence-electron chi connectivity index (χ4n) is 1.98. The second-order valence-corrected chi connectivity index (χ2v) is 4.29. The van der Waals surface area contributed by atoms with Crippen LogP contribution in [0.1, 0.15) is 16.2 Å². The number of aromatic amines is 1. The molecular weight excluding hydrogens is 276 g/mol. The number of pyridine rings is 1. The summed E-state index contributed by atoms with van der Waals surface area (Å²) >= 11 is 0. The van der Waals surface area contributed by atoms with Crippen molar-refractivity contribution >= 4 is 5.78 Å². The topological polar surface area (TPSA) is 58.6 Å². The largest absolute Gasteiger partial charge is 0.342 e. The van der Waals surface area contributed by atoms with Gasteiger partial charge in [-0.25, -0.2) is 13.8 Å². The molecule has 0 unspecified atom stereocenters. The van der Waals surface area contributed by atoms with Crippen LogP contribution in [0.2, 0.25) is 0 Å². The Bertz CT molecular complexity index is 780. The minimum absolute atomic E-state index is 0.0583. The maximum Gasteiger partial charge on any atom is 0.228 e. The van der Waals surface area contributed by atoms with Crippen LogP contribution in [0.5, 0.6) is 0 Å². The quantitative estimate of drug-likeness (QED) is 0.753. The van der Waals surface area contributed by atoms with Crippen molar-refractivity contribution in [2.75, 3.05) is 0 Å². The van der Waals surface area contributed by atoms with Crippen LogP contribution in [0.3, 0.4) is 0 Å². The summed E-state index contributed by atoms with van der Waals surface area (Å²) in [6, 6.07) is 6.35. The highest BCUT2D eigenvalue weighted by Crippen LogP contribution is 2.25. The second-order valence-electron chi connectivity index (χ2n) is 4.29. The van der Waals surface area contributed by atoms with Crippen LogP contribution < -0.4 is 0 Å². The van der Waals surface area contributed by atoms with Gasteiger partial charge in [0.25, 0.3) is 0 Å². The molecule has 6 heteroatoms. The molecule has 0 amide bonds. The molecule has 0 bridgehead atoms. The molecule has 0 atom stereocenters. The number of hydrogen-bond donors (Lipinski definition) is 1. The molecule has 0 saturated carbocycles. The molecule has 104 valence electrons. The third-order valence-electron chi connectivity index (χ3n) is 2.95. The van der Waals surface area contributed by atoms with Crippen LogP contribution in [-0.2, 0) is 0 Å². The van der Waals surface area contributed by atoms with Gasteiger partial charge in [-0.1, -0.05) is 6.07 Å². The van der Waals surface area contributed by atoms with E-state index in [0.29, 0.717) is 0 Å². The third-order valence-corrected chi connectivity index (χ3v) is 2.95. The molecule has 3 aromatic rings. The summed E-state index contributed by atoms with van der Waals surface area (Å²) in [5, 5.41) is 0. The number of hydrogen-bond acceptors (Lipinski definition) is 3. The molecule has 0 aliphatic rings. The number of imidazole rings is 1.